The summed E-state index contributed by atoms with van der Waals surface area (Å²) in [6.45, 7) is 6.06. The molecular weight excluding hydrogens is 274 g/mol. The average Bonchev–Trinajstić information content (AvgIpc) is 2.38. The van der Waals surface area contributed by atoms with E-state index < -0.39 is 10.0 Å². The monoisotopic (exact) mass is 295 g/mol. The summed E-state index contributed by atoms with van der Waals surface area (Å²) in [5.41, 5.74) is 1.32. The fourth-order valence-electron chi connectivity index (χ4n) is 1.54. The maximum Gasteiger partial charge on any atom is 0.240 e. The van der Waals surface area contributed by atoms with Crippen LogP contribution in [0.2, 0.25) is 0 Å². The highest BCUT2D eigenvalue weighted by atomic mass is 32.2. The van der Waals surface area contributed by atoms with Gasteiger partial charge in [0.05, 0.1) is 11.5 Å². The molecule has 0 aliphatic carbocycles. The average molecular weight is 295 g/mol. The molecule has 0 aliphatic heterocycles. The molecule has 0 amide bonds. The molecule has 0 saturated heterocycles. The third kappa shape index (κ3) is 4.97. The Kier molecular flexibility index (Phi) is 6.21. The molecule has 1 aromatic carbocycles. The summed E-state index contributed by atoms with van der Waals surface area (Å²) in [7, 11) is -3.51. The van der Waals surface area contributed by atoms with E-state index in [1.165, 1.54) is 0 Å². The van der Waals surface area contributed by atoms with Crippen LogP contribution < -0.4 is 4.72 Å². The lowest BCUT2D eigenvalue weighted by Gasteiger charge is -2.11. The molecule has 1 rings (SSSR count). The Hall–Kier alpha value is -1.35. The zero-order valence-electron chi connectivity index (χ0n) is 12.1. The van der Waals surface area contributed by atoms with Gasteiger partial charge in [0.1, 0.15) is 0 Å². The Morgan fingerprint density at radius 1 is 1.35 bits per heavy atom. The molecule has 1 aromatic rings. The van der Waals surface area contributed by atoms with Crippen molar-refractivity contribution in [2.45, 2.75) is 32.1 Å². The molecule has 4 nitrogen and oxygen atoms in total. The maximum absolute atomic E-state index is 12.2. The maximum atomic E-state index is 12.2. The van der Waals surface area contributed by atoms with E-state index in [1.807, 2.05) is 13.8 Å². The number of nitrogens with one attached hydrogen (secondary N) is 1. The van der Waals surface area contributed by atoms with Crippen LogP contribution in [0.15, 0.2) is 23.1 Å². The first-order valence-corrected chi connectivity index (χ1v) is 8.05. The Morgan fingerprint density at radius 3 is 2.65 bits per heavy atom. The van der Waals surface area contributed by atoms with E-state index in [4.69, 9.17) is 5.11 Å². The predicted octanol–water partition coefficient (Wildman–Crippen LogP) is 1.66. The molecule has 0 fully saturated rings. The zero-order chi connectivity index (χ0) is 15.2. The van der Waals surface area contributed by atoms with Crippen LogP contribution in [0.25, 0.3) is 0 Å². The van der Waals surface area contributed by atoms with Crippen LogP contribution in [0.1, 0.15) is 31.4 Å². The predicted molar refractivity (Wildman–Crippen MR) is 79.8 cm³/mol. The van der Waals surface area contributed by atoms with Crippen LogP contribution in [0, 0.1) is 24.7 Å². The molecular formula is C15H21NO3S. The molecule has 5 heteroatoms. The minimum atomic E-state index is -3.51. The Balaban J connectivity index is 3.05. The molecule has 0 aromatic heterocycles. The minimum Gasteiger partial charge on any atom is -0.395 e. The molecule has 20 heavy (non-hydrogen) atoms. The van der Waals surface area contributed by atoms with Gasteiger partial charge in [0, 0.05) is 18.5 Å². The lowest BCUT2D eigenvalue weighted by atomic mass is 10.1. The molecule has 0 saturated carbocycles. The molecule has 0 aliphatic rings. The molecule has 2 N–H and O–H groups in total. The summed E-state index contributed by atoms with van der Waals surface area (Å²) in [6, 6.07) is 5.09. The third-order valence-electron chi connectivity index (χ3n) is 2.63. The first-order valence-electron chi connectivity index (χ1n) is 6.57. The molecule has 0 spiro atoms. The first kappa shape index (κ1) is 16.7. The highest BCUT2D eigenvalue weighted by molar-refractivity contribution is 7.89. The summed E-state index contributed by atoms with van der Waals surface area (Å²) in [4.78, 5) is 0.258. The van der Waals surface area contributed by atoms with Crippen molar-refractivity contribution in [1.29, 1.82) is 0 Å². The van der Waals surface area contributed by atoms with Gasteiger partial charge >= 0.3 is 0 Å². The second kappa shape index (κ2) is 7.44. The van der Waals surface area contributed by atoms with Gasteiger partial charge in [-0.15, -0.1) is 0 Å². The van der Waals surface area contributed by atoms with Crippen LogP contribution in [0.3, 0.4) is 0 Å². The van der Waals surface area contributed by atoms with Gasteiger partial charge in [-0.2, -0.15) is 0 Å². The summed E-state index contributed by atoms with van der Waals surface area (Å²) in [5.74, 6) is 5.88. The van der Waals surface area contributed by atoms with Crippen molar-refractivity contribution in [2.24, 2.45) is 5.92 Å². The molecule has 0 atom stereocenters. The van der Waals surface area contributed by atoms with Crippen molar-refractivity contribution < 1.29 is 13.5 Å². The van der Waals surface area contributed by atoms with Crippen molar-refractivity contribution in [3.05, 3.63) is 29.3 Å². The van der Waals surface area contributed by atoms with E-state index in [9.17, 15) is 8.42 Å². The molecule has 0 unspecified atom stereocenters. The minimum absolute atomic E-state index is 0.0000386. The summed E-state index contributed by atoms with van der Waals surface area (Å²) < 4.78 is 27.1. The molecule has 0 radical (unpaired) electrons. The summed E-state index contributed by atoms with van der Waals surface area (Å²) >= 11 is 0. The molecule has 0 bridgehead atoms. The van der Waals surface area contributed by atoms with Crippen molar-refractivity contribution >= 4 is 10.0 Å². The van der Waals surface area contributed by atoms with Gasteiger partial charge in [-0.05, 0) is 30.5 Å². The van der Waals surface area contributed by atoms with E-state index in [-0.39, 0.29) is 17.4 Å². The van der Waals surface area contributed by atoms with Crippen LogP contribution in [0.4, 0.5) is 0 Å². The van der Waals surface area contributed by atoms with Crippen molar-refractivity contribution in [2.75, 3.05) is 13.2 Å². The topological polar surface area (TPSA) is 66.4 Å². The Labute approximate surface area is 121 Å². The zero-order valence-corrected chi connectivity index (χ0v) is 12.9. The normalized spacial score (nSPS) is 11.2. The van der Waals surface area contributed by atoms with Gasteiger partial charge in [-0.3, -0.25) is 0 Å². The van der Waals surface area contributed by atoms with E-state index in [1.54, 1.807) is 25.1 Å². The van der Waals surface area contributed by atoms with Gasteiger partial charge in [0.15, 0.2) is 0 Å². The highest BCUT2D eigenvalue weighted by Crippen LogP contribution is 2.16. The second-order valence-electron chi connectivity index (χ2n) is 5.00. The van der Waals surface area contributed by atoms with Gasteiger partial charge < -0.3 is 5.11 Å². The lowest BCUT2D eigenvalue weighted by Crippen LogP contribution is -2.28. The highest BCUT2D eigenvalue weighted by Gasteiger charge is 2.17. The van der Waals surface area contributed by atoms with Crippen LogP contribution in [0.5, 0.6) is 0 Å². The standard InChI is InChI=1S/C15H21NO3S/c1-12(2)11-16-20(18,19)15-10-14(6-4-5-9-17)8-7-13(15)3/h7-8,10,12,16-17H,5,9,11H2,1-3H3. The van der Waals surface area contributed by atoms with Crippen molar-refractivity contribution in [3.63, 3.8) is 0 Å². The summed E-state index contributed by atoms with van der Waals surface area (Å²) in [6.07, 6.45) is 0.377. The van der Waals surface area contributed by atoms with Crippen molar-refractivity contribution in [3.8, 4) is 11.8 Å². The number of aliphatic hydroxyl groups is 1. The largest absolute Gasteiger partial charge is 0.395 e. The van der Waals surface area contributed by atoms with E-state index in [0.29, 0.717) is 24.1 Å². The van der Waals surface area contributed by atoms with Gasteiger partial charge in [-0.25, -0.2) is 13.1 Å². The smallest absolute Gasteiger partial charge is 0.240 e. The number of hydrogen-bond acceptors (Lipinski definition) is 3. The number of rotatable bonds is 5. The molecule has 110 valence electrons. The number of aliphatic hydroxyl groups excluding tert-OH is 1. The SMILES string of the molecule is Cc1ccc(C#CCCO)cc1S(=O)(=O)NCC(C)C. The fourth-order valence-corrected chi connectivity index (χ4v) is 3.02. The van der Waals surface area contributed by atoms with Crippen LogP contribution in [-0.2, 0) is 10.0 Å². The number of benzene rings is 1. The quantitative estimate of drug-likeness (QED) is 0.812. The Morgan fingerprint density at radius 2 is 2.05 bits per heavy atom. The second-order valence-corrected chi connectivity index (χ2v) is 6.74. The Bertz CT molecular complexity index is 610. The lowest BCUT2D eigenvalue weighted by molar-refractivity contribution is 0.305. The van der Waals surface area contributed by atoms with E-state index in [2.05, 4.69) is 16.6 Å². The number of hydrogen-bond donors (Lipinski definition) is 2. The van der Waals surface area contributed by atoms with Gasteiger partial charge in [0.25, 0.3) is 0 Å². The van der Waals surface area contributed by atoms with Crippen LogP contribution >= 0.6 is 0 Å². The first-order chi connectivity index (χ1) is 9.36. The van der Waals surface area contributed by atoms with Crippen molar-refractivity contribution in [1.82, 2.24) is 4.72 Å². The van der Waals surface area contributed by atoms with Gasteiger partial charge in [0.2, 0.25) is 10.0 Å². The molecule has 0 heterocycles. The van der Waals surface area contributed by atoms with Crippen LogP contribution in [-0.4, -0.2) is 26.7 Å². The third-order valence-corrected chi connectivity index (χ3v) is 4.19. The van der Waals surface area contributed by atoms with Gasteiger partial charge in [-0.1, -0.05) is 31.8 Å². The number of aryl methyl sites for hydroxylation is 1. The number of sulfonamides is 1. The van der Waals surface area contributed by atoms with E-state index >= 15 is 0 Å². The summed E-state index contributed by atoms with van der Waals surface area (Å²) in [5, 5.41) is 8.69. The fraction of sp³-hybridized carbons (Fsp3) is 0.467. The van der Waals surface area contributed by atoms with E-state index in [0.717, 1.165) is 0 Å².